The minimum atomic E-state index is 0.717. The van der Waals surface area contributed by atoms with Crippen molar-refractivity contribution in [2.24, 2.45) is 5.92 Å². The molecule has 1 aromatic rings. The third-order valence-corrected chi connectivity index (χ3v) is 3.23. The predicted octanol–water partition coefficient (Wildman–Crippen LogP) is 1.70. The van der Waals surface area contributed by atoms with E-state index in [9.17, 15) is 0 Å². The second kappa shape index (κ2) is 3.39. The van der Waals surface area contributed by atoms with Crippen LogP contribution in [0, 0.1) is 5.92 Å². The summed E-state index contributed by atoms with van der Waals surface area (Å²) < 4.78 is 5.35. The Hall–Kier alpha value is -0.830. The fourth-order valence-electron chi connectivity index (χ4n) is 2.17. The van der Waals surface area contributed by atoms with Crippen LogP contribution in [0.1, 0.15) is 36.6 Å². The van der Waals surface area contributed by atoms with Gasteiger partial charge in [0.05, 0.1) is 5.69 Å². The topological polar surface area (TPSA) is 38.1 Å². The standard InChI is InChI=1S/C11H16N2O/c1-2-9(1)11-6-10(14-13-11)5-8-3-4-12-7-8/h6,8-9,12H,1-5,7H2. The zero-order valence-electron chi connectivity index (χ0n) is 8.33. The summed E-state index contributed by atoms with van der Waals surface area (Å²) in [6.45, 7) is 2.30. The van der Waals surface area contributed by atoms with Crippen molar-refractivity contribution in [3.8, 4) is 0 Å². The van der Waals surface area contributed by atoms with Crippen LogP contribution in [0.15, 0.2) is 10.6 Å². The minimum absolute atomic E-state index is 0.717. The highest BCUT2D eigenvalue weighted by atomic mass is 16.5. The molecule has 1 saturated heterocycles. The SMILES string of the molecule is c1c(C2CC2)noc1CC1CCNC1. The van der Waals surface area contributed by atoms with E-state index in [1.54, 1.807) is 0 Å². The van der Waals surface area contributed by atoms with Crippen LogP contribution < -0.4 is 5.32 Å². The molecule has 1 atom stereocenters. The van der Waals surface area contributed by atoms with E-state index in [1.807, 2.05) is 0 Å². The molecule has 1 saturated carbocycles. The van der Waals surface area contributed by atoms with E-state index in [4.69, 9.17) is 4.52 Å². The highest BCUT2D eigenvalue weighted by Gasteiger charge is 2.27. The first-order valence-electron chi connectivity index (χ1n) is 5.58. The molecule has 2 fully saturated rings. The number of hydrogen-bond donors (Lipinski definition) is 1. The zero-order chi connectivity index (χ0) is 9.38. The third-order valence-electron chi connectivity index (χ3n) is 3.23. The lowest BCUT2D eigenvalue weighted by atomic mass is 10.0. The Morgan fingerprint density at radius 2 is 2.36 bits per heavy atom. The number of hydrogen-bond acceptors (Lipinski definition) is 3. The van der Waals surface area contributed by atoms with Gasteiger partial charge in [0.2, 0.25) is 0 Å². The molecule has 0 radical (unpaired) electrons. The van der Waals surface area contributed by atoms with Crippen LogP contribution >= 0.6 is 0 Å². The van der Waals surface area contributed by atoms with Crippen LogP contribution in [0.5, 0.6) is 0 Å². The Kier molecular flexibility index (Phi) is 2.05. The first kappa shape index (κ1) is 8.48. The van der Waals surface area contributed by atoms with E-state index in [-0.39, 0.29) is 0 Å². The van der Waals surface area contributed by atoms with Crippen molar-refractivity contribution in [1.29, 1.82) is 0 Å². The van der Waals surface area contributed by atoms with Crippen molar-refractivity contribution in [2.45, 2.75) is 31.6 Å². The largest absolute Gasteiger partial charge is 0.361 e. The summed E-state index contributed by atoms with van der Waals surface area (Å²) in [6, 6.07) is 2.16. The first-order chi connectivity index (χ1) is 6.92. The van der Waals surface area contributed by atoms with Crippen molar-refractivity contribution in [1.82, 2.24) is 10.5 Å². The van der Waals surface area contributed by atoms with Crippen molar-refractivity contribution in [2.75, 3.05) is 13.1 Å². The molecule has 0 spiro atoms. The van der Waals surface area contributed by atoms with Gasteiger partial charge in [-0.25, -0.2) is 0 Å². The maximum Gasteiger partial charge on any atom is 0.137 e. The van der Waals surface area contributed by atoms with Crippen molar-refractivity contribution >= 4 is 0 Å². The number of rotatable bonds is 3. The van der Waals surface area contributed by atoms with Gasteiger partial charge in [-0.2, -0.15) is 0 Å². The zero-order valence-corrected chi connectivity index (χ0v) is 8.33. The van der Waals surface area contributed by atoms with Gasteiger partial charge in [-0.15, -0.1) is 0 Å². The van der Waals surface area contributed by atoms with E-state index >= 15 is 0 Å². The molecule has 2 heterocycles. The molecule has 1 aromatic heterocycles. The highest BCUT2D eigenvalue weighted by molar-refractivity contribution is 5.15. The fraction of sp³-hybridized carbons (Fsp3) is 0.727. The third kappa shape index (κ3) is 1.69. The van der Waals surface area contributed by atoms with Gasteiger partial charge < -0.3 is 9.84 Å². The van der Waals surface area contributed by atoms with Crippen LogP contribution in [0.4, 0.5) is 0 Å². The maximum absolute atomic E-state index is 5.35. The number of aromatic nitrogens is 1. The minimum Gasteiger partial charge on any atom is -0.361 e. The summed E-state index contributed by atoms with van der Waals surface area (Å²) in [5.41, 5.74) is 1.19. The van der Waals surface area contributed by atoms with Crippen LogP contribution in [-0.2, 0) is 6.42 Å². The quantitative estimate of drug-likeness (QED) is 0.792. The lowest BCUT2D eigenvalue weighted by molar-refractivity contribution is 0.359. The second-order valence-electron chi connectivity index (χ2n) is 4.56. The summed E-state index contributed by atoms with van der Waals surface area (Å²) >= 11 is 0. The molecular formula is C11H16N2O. The fourth-order valence-corrected chi connectivity index (χ4v) is 2.17. The summed E-state index contributed by atoms with van der Waals surface area (Å²) in [5, 5.41) is 7.50. The van der Waals surface area contributed by atoms with E-state index in [0.717, 1.165) is 31.2 Å². The van der Waals surface area contributed by atoms with E-state index in [1.165, 1.54) is 25.0 Å². The maximum atomic E-state index is 5.35. The van der Waals surface area contributed by atoms with E-state index < -0.39 is 0 Å². The lowest BCUT2D eigenvalue weighted by Gasteiger charge is -2.02. The predicted molar refractivity (Wildman–Crippen MR) is 53.2 cm³/mol. The first-order valence-corrected chi connectivity index (χ1v) is 5.58. The normalized spacial score (nSPS) is 27.0. The van der Waals surface area contributed by atoms with Crippen molar-refractivity contribution in [3.63, 3.8) is 0 Å². The summed E-state index contributed by atoms with van der Waals surface area (Å²) in [5.74, 6) is 2.56. The molecule has 0 bridgehead atoms. The molecule has 3 heteroatoms. The Morgan fingerprint density at radius 3 is 3.07 bits per heavy atom. The molecule has 3 nitrogen and oxygen atoms in total. The van der Waals surface area contributed by atoms with Crippen LogP contribution in [0.3, 0.4) is 0 Å². The van der Waals surface area contributed by atoms with Gasteiger partial charge in [0.15, 0.2) is 0 Å². The van der Waals surface area contributed by atoms with Gasteiger partial charge in [-0.1, -0.05) is 5.16 Å². The van der Waals surface area contributed by atoms with Crippen LogP contribution in [-0.4, -0.2) is 18.2 Å². The molecule has 14 heavy (non-hydrogen) atoms. The van der Waals surface area contributed by atoms with Crippen LogP contribution in [0.25, 0.3) is 0 Å². The van der Waals surface area contributed by atoms with E-state index in [0.29, 0.717) is 5.92 Å². The monoisotopic (exact) mass is 192 g/mol. The Balaban J connectivity index is 1.64. The Bertz CT molecular complexity index is 311. The average molecular weight is 192 g/mol. The van der Waals surface area contributed by atoms with E-state index in [2.05, 4.69) is 16.5 Å². The van der Waals surface area contributed by atoms with Gasteiger partial charge in [0, 0.05) is 18.4 Å². The van der Waals surface area contributed by atoms with Gasteiger partial charge in [-0.05, 0) is 38.3 Å². The summed E-state index contributed by atoms with van der Waals surface area (Å²) in [4.78, 5) is 0. The highest BCUT2D eigenvalue weighted by Crippen LogP contribution is 2.39. The molecule has 3 rings (SSSR count). The number of nitrogens with one attached hydrogen (secondary N) is 1. The smallest absolute Gasteiger partial charge is 0.137 e. The molecule has 1 aliphatic heterocycles. The molecule has 0 aromatic carbocycles. The Labute approximate surface area is 83.9 Å². The number of nitrogens with zero attached hydrogens (tertiary/aromatic N) is 1. The summed E-state index contributed by atoms with van der Waals surface area (Å²) in [7, 11) is 0. The molecule has 0 amide bonds. The van der Waals surface area contributed by atoms with Gasteiger partial charge in [-0.3, -0.25) is 0 Å². The molecule has 76 valence electrons. The lowest BCUT2D eigenvalue weighted by Crippen LogP contribution is -2.10. The molecule has 1 unspecified atom stereocenters. The van der Waals surface area contributed by atoms with Crippen molar-refractivity contribution < 1.29 is 4.52 Å². The van der Waals surface area contributed by atoms with Crippen molar-refractivity contribution in [3.05, 3.63) is 17.5 Å². The van der Waals surface area contributed by atoms with Gasteiger partial charge in [0.1, 0.15) is 5.76 Å². The Morgan fingerprint density at radius 1 is 1.43 bits per heavy atom. The summed E-state index contributed by atoms with van der Waals surface area (Å²) in [6.07, 6.45) is 4.94. The molecule has 1 aliphatic carbocycles. The average Bonchev–Trinajstić information content (AvgIpc) is 2.75. The van der Waals surface area contributed by atoms with Crippen LogP contribution in [0.2, 0.25) is 0 Å². The molecular weight excluding hydrogens is 176 g/mol. The molecule has 2 aliphatic rings. The second-order valence-corrected chi connectivity index (χ2v) is 4.56. The van der Waals surface area contributed by atoms with Gasteiger partial charge >= 0.3 is 0 Å². The van der Waals surface area contributed by atoms with Gasteiger partial charge in [0.25, 0.3) is 0 Å². The molecule has 1 N–H and O–H groups in total.